The summed E-state index contributed by atoms with van der Waals surface area (Å²) in [6.07, 6.45) is 4.54. The highest BCUT2D eigenvalue weighted by atomic mass is 16.5. The molecule has 3 heteroatoms. The van der Waals surface area contributed by atoms with E-state index >= 15 is 0 Å². The summed E-state index contributed by atoms with van der Waals surface area (Å²) >= 11 is 0. The quantitative estimate of drug-likeness (QED) is 0.703. The number of ether oxygens (including phenoxy) is 1. The molecule has 0 radical (unpaired) electrons. The summed E-state index contributed by atoms with van der Waals surface area (Å²) < 4.78 is 5.38. The molecule has 0 atom stereocenters. The summed E-state index contributed by atoms with van der Waals surface area (Å²) in [6.45, 7) is 7.16. The highest BCUT2D eigenvalue weighted by Crippen LogP contribution is 2.14. The van der Waals surface area contributed by atoms with E-state index in [2.05, 4.69) is 23.8 Å². The Bertz CT molecular complexity index is 286. The molecule has 1 aromatic heterocycles. The van der Waals surface area contributed by atoms with Crippen LogP contribution in [0.4, 0.5) is 5.82 Å². The Morgan fingerprint density at radius 2 is 2.50 bits per heavy atom. The summed E-state index contributed by atoms with van der Waals surface area (Å²) in [5.74, 6) is 1.67. The molecule has 0 spiro atoms. The van der Waals surface area contributed by atoms with Crippen molar-refractivity contribution in [3.8, 4) is 5.75 Å². The zero-order chi connectivity index (χ0) is 10.2. The van der Waals surface area contributed by atoms with Gasteiger partial charge in [-0.2, -0.15) is 0 Å². The molecule has 1 N–H and O–H groups in total. The minimum absolute atomic E-state index is 0.525. The number of nitrogens with zero attached hydrogens (tertiary/aromatic N) is 1. The molecular formula is C11H16N2O. The Balaban J connectivity index is 2.54. The van der Waals surface area contributed by atoms with Gasteiger partial charge in [0.05, 0.1) is 0 Å². The van der Waals surface area contributed by atoms with Crippen LogP contribution < -0.4 is 10.1 Å². The summed E-state index contributed by atoms with van der Waals surface area (Å²) in [6, 6.07) is 3.72. The topological polar surface area (TPSA) is 34.1 Å². The molecule has 0 aliphatic heterocycles. The van der Waals surface area contributed by atoms with Crippen molar-refractivity contribution in [1.29, 1.82) is 0 Å². The average molecular weight is 192 g/mol. The highest BCUT2D eigenvalue weighted by molar-refractivity contribution is 5.40. The van der Waals surface area contributed by atoms with Crippen LogP contribution in [0.25, 0.3) is 0 Å². The maximum atomic E-state index is 5.38. The van der Waals surface area contributed by atoms with E-state index < -0.39 is 0 Å². The van der Waals surface area contributed by atoms with E-state index in [1.807, 2.05) is 12.1 Å². The standard InChI is InChI=1S/C11H16N2O/c1-3-6-12-11-9-10(5-7-13-11)14-8-4-2/h4-5,7,9H,2-3,6,8H2,1H3,(H,12,13). The lowest BCUT2D eigenvalue weighted by Crippen LogP contribution is -2.02. The van der Waals surface area contributed by atoms with Crippen LogP contribution in [0.5, 0.6) is 5.75 Å². The van der Waals surface area contributed by atoms with E-state index in [0.29, 0.717) is 6.61 Å². The number of hydrogen-bond donors (Lipinski definition) is 1. The largest absolute Gasteiger partial charge is 0.489 e. The number of nitrogens with one attached hydrogen (secondary N) is 1. The number of rotatable bonds is 6. The molecule has 0 aliphatic carbocycles. The van der Waals surface area contributed by atoms with Crippen molar-refractivity contribution in [2.24, 2.45) is 0 Å². The summed E-state index contributed by atoms with van der Waals surface area (Å²) in [4.78, 5) is 4.17. The molecule has 1 aromatic rings. The molecule has 0 fully saturated rings. The molecule has 3 nitrogen and oxygen atoms in total. The second-order valence-corrected chi connectivity index (χ2v) is 2.90. The molecule has 0 unspecified atom stereocenters. The van der Waals surface area contributed by atoms with Crippen molar-refractivity contribution in [3.63, 3.8) is 0 Å². The van der Waals surface area contributed by atoms with Gasteiger partial charge in [0, 0.05) is 18.8 Å². The van der Waals surface area contributed by atoms with Gasteiger partial charge in [-0.05, 0) is 12.5 Å². The molecule has 14 heavy (non-hydrogen) atoms. The van der Waals surface area contributed by atoms with Crippen molar-refractivity contribution in [2.75, 3.05) is 18.5 Å². The predicted octanol–water partition coefficient (Wildman–Crippen LogP) is 2.47. The van der Waals surface area contributed by atoms with Crippen LogP contribution in [-0.2, 0) is 0 Å². The lowest BCUT2D eigenvalue weighted by molar-refractivity contribution is 0.363. The Hall–Kier alpha value is -1.51. The number of pyridine rings is 1. The van der Waals surface area contributed by atoms with Gasteiger partial charge >= 0.3 is 0 Å². The van der Waals surface area contributed by atoms with Crippen LogP contribution in [-0.4, -0.2) is 18.1 Å². The van der Waals surface area contributed by atoms with Crippen LogP contribution in [0.2, 0.25) is 0 Å². The lowest BCUT2D eigenvalue weighted by atomic mass is 10.4. The van der Waals surface area contributed by atoms with Gasteiger partial charge in [-0.1, -0.05) is 19.6 Å². The van der Waals surface area contributed by atoms with Gasteiger partial charge in [0.25, 0.3) is 0 Å². The third kappa shape index (κ3) is 3.47. The maximum Gasteiger partial charge on any atom is 0.129 e. The van der Waals surface area contributed by atoms with E-state index in [-0.39, 0.29) is 0 Å². The SMILES string of the molecule is C=CCOc1ccnc(NCCC)c1. The van der Waals surface area contributed by atoms with Gasteiger partial charge in [-0.25, -0.2) is 4.98 Å². The average Bonchev–Trinajstić information content (AvgIpc) is 2.24. The van der Waals surface area contributed by atoms with Crippen LogP contribution in [0.3, 0.4) is 0 Å². The highest BCUT2D eigenvalue weighted by Gasteiger charge is 1.95. The second-order valence-electron chi connectivity index (χ2n) is 2.90. The zero-order valence-electron chi connectivity index (χ0n) is 8.49. The predicted molar refractivity (Wildman–Crippen MR) is 58.7 cm³/mol. The van der Waals surface area contributed by atoms with Gasteiger partial charge in [0.1, 0.15) is 18.2 Å². The monoisotopic (exact) mass is 192 g/mol. The van der Waals surface area contributed by atoms with E-state index in [1.54, 1.807) is 12.3 Å². The fourth-order valence-electron chi connectivity index (χ4n) is 1.01. The molecule has 0 amide bonds. The van der Waals surface area contributed by atoms with Crippen LogP contribution in [0, 0.1) is 0 Å². The smallest absolute Gasteiger partial charge is 0.129 e. The number of hydrogen-bond acceptors (Lipinski definition) is 3. The first kappa shape index (κ1) is 10.6. The first-order valence-electron chi connectivity index (χ1n) is 4.80. The van der Waals surface area contributed by atoms with Gasteiger partial charge < -0.3 is 10.1 Å². The molecule has 76 valence electrons. The molecule has 0 saturated heterocycles. The summed E-state index contributed by atoms with van der Waals surface area (Å²) in [5.41, 5.74) is 0. The molecule has 0 aromatic carbocycles. The van der Waals surface area contributed by atoms with E-state index in [4.69, 9.17) is 4.74 Å². The molecule has 1 heterocycles. The van der Waals surface area contributed by atoms with Gasteiger partial charge in [0.2, 0.25) is 0 Å². The van der Waals surface area contributed by atoms with Crippen molar-refractivity contribution >= 4 is 5.82 Å². The molecule has 0 aliphatic rings. The van der Waals surface area contributed by atoms with Crippen molar-refractivity contribution < 1.29 is 4.74 Å². The van der Waals surface area contributed by atoms with Gasteiger partial charge in [0.15, 0.2) is 0 Å². The molecule has 1 rings (SSSR count). The fourth-order valence-corrected chi connectivity index (χ4v) is 1.01. The molecule has 0 saturated carbocycles. The number of anilines is 1. The van der Waals surface area contributed by atoms with Gasteiger partial charge in [-0.15, -0.1) is 0 Å². The Morgan fingerprint density at radius 1 is 1.64 bits per heavy atom. The first-order valence-corrected chi connectivity index (χ1v) is 4.80. The minimum Gasteiger partial charge on any atom is -0.489 e. The Morgan fingerprint density at radius 3 is 3.21 bits per heavy atom. The lowest BCUT2D eigenvalue weighted by Gasteiger charge is -2.06. The van der Waals surface area contributed by atoms with Crippen LogP contribution >= 0.6 is 0 Å². The first-order chi connectivity index (χ1) is 6.86. The second kappa shape index (κ2) is 6.02. The van der Waals surface area contributed by atoms with Crippen molar-refractivity contribution in [2.45, 2.75) is 13.3 Å². The zero-order valence-corrected chi connectivity index (χ0v) is 8.49. The number of aromatic nitrogens is 1. The molecule has 0 bridgehead atoms. The fraction of sp³-hybridized carbons (Fsp3) is 0.364. The Labute approximate surface area is 84.8 Å². The summed E-state index contributed by atoms with van der Waals surface area (Å²) in [7, 11) is 0. The van der Waals surface area contributed by atoms with E-state index in [0.717, 1.165) is 24.5 Å². The normalized spacial score (nSPS) is 9.50. The van der Waals surface area contributed by atoms with Gasteiger partial charge in [-0.3, -0.25) is 0 Å². The minimum atomic E-state index is 0.525. The van der Waals surface area contributed by atoms with Crippen LogP contribution in [0.15, 0.2) is 31.0 Å². The van der Waals surface area contributed by atoms with E-state index in [9.17, 15) is 0 Å². The third-order valence-corrected chi connectivity index (χ3v) is 1.66. The van der Waals surface area contributed by atoms with Crippen molar-refractivity contribution in [3.05, 3.63) is 31.0 Å². The van der Waals surface area contributed by atoms with E-state index in [1.165, 1.54) is 0 Å². The van der Waals surface area contributed by atoms with Crippen LogP contribution in [0.1, 0.15) is 13.3 Å². The molecular weight excluding hydrogens is 176 g/mol. The Kier molecular flexibility index (Phi) is 4.55. The third-order valence-electron chi connectivity index (χ3n) is 1.66. The maximum absolute atomic E-state index is 5.38. The van der Waals surface area contributed by atoms with Crippen molar-refractivity contribution in [1.82, 2.24) is 4.98 Å². The summed E-state index contributed by atoms with van der Waals surface area (Å²) in [5, 5.41) is 3.19.